The Balaban J connectivity index is 1.14. The lowest BCUT2D eigenvalue weighted by Gasteiger charge is -2.34. The number of para-hydroxylation sites is 2. The summed E-state index contributed by atoms with van der Waals surface area (Å²) in [5.74, 6) is 1.78. The molecule has 0 bridgehead atoms. The van der Waals surface area contributed by atoms with Gasteiger partial charge in [-0.05, 0) is 63.2 Å². The summed E-state index contributed by atoms with van der Waals surface area (Å²) in [7, 11) is 0. The molecule has 3 heterocycles. The van der Waals surface area contributed by atoms with Gasteiger partial charge in [0.1, 0.15) is 11.2 Å². The van der Waals surface area contributed by atoms with Crippen molar-refractivity contribution in [2.75, 3.05) is 0 Å². The quantitative estimate of drug-likeness (QED) is 0.168. The third kappa shape index (κ3) is 5.27. The molecule has 9 aromatic carbocycles. The van der Waals surface area contributed by atoms with Gasteiger partial charge in [0.15, 0.2) is 11.6 Å². The zero-order valence-corrected chi connectivity index (χ0v) is 34.0. The van der Waals surface area contributed by atoms with Gasteiger partial charge in [-0.3, -0.25) is 4.57 Å². The zero-order chi connectivity index (χ0) is 41.5. The molecule has 13 rings (SSSR count). The van der Waals surface area contributed by atoms with Crippen molar-refractivity contribution in [2.45, 2.75) is 5.41 Å². The van der Waals surface area contributed by atoms with Crippen molar-refractivity contribution in [1.82, 2.24) is 19.5 Å². The van der Waals surface area contributed by atoms with Gasteiger partial charge < -0.3 is 4.42 Å². The van der Waals surface area contributed by atoms with Crippen molar-refractivity contribution in [3.8, 4) is 51.0 Å². The van der Waals surface area contributed by atoms with Gasteiger partial charge in [0, 0.05) is 38.2 Å². The van der Waals surface area contributed by atoms with Crippen LogP contribution in [0, 0.1) is 0 Å². The topological polar surface area (TPSA) is 56.7 Å². The van der Waals surface area contributed by atoms with E-state index in [2.05, 4.69) is 180 Å². The Morgan fingerprint density at radius 1 is 0.365 bits per heavy atom. The minimum Gasteiger partial charge on any atom is -0.456 e. The highest BCUT2D eigenvalue weighted by Gasteiger charge is 2.47. The summed E-state index contributed by atoms with van der Waals surface area (Å²) in [5, 5.41) is 4.42. The highest BCUT2D eigenvalue weighted by Crippen LogP contribution is 2.58. The number of fused-ring (bicyclic) bond motifs is 9. The summed E-state index contributed by atoms with van der Waals surface area (Å²) < 4.78 is 9.14. The third-order valence-corrected chi connectivity index (χ3v) is 13.0. The first kappa shape index (κ1) is 35.4. The molecule has 5 heteroatoms. The molecule has 0 atom stereocenters. The number of hydrogen-bond donors (Lipinski definition) is 0. The Bertz CT molecular complexity index is 3640. The number of hydrogen-bond acceptors (Lipinski definition) is 4. The van der Waals surface area contributed by atoms with Crippen LogP contribution in [-0.2, 0) is 5.41 Å². The normalized spacial score (nSPS) is 12.9. The smallest absolute Gasteiger partial charge is 0.238 e. The molecule has 0 amide bonds. The Labute approximate surface area is 363 Å². The predicted molar refractivity (Wildman–Crippen MR) is 255 cm³/mol. The van der Waals surface area contributed by atoms with Crippen LogP contribution in [0.1, 0.15) is 22.3 Å². The van der Waals surface area contributed by atoms with E-state index in [1.165, 1.54) is 22.3 Å². The summed E-state index contributed by atoms with van der Waals surface area (Å²) in [6.07, 6.45) is 0. The number of rotatable bonds is 6. The maximum absolute atomic E-state index is 6.92. The van der Waals surface area contributed by atoms with Crippen LogP contribution in [0.2, 0.25) is 0 Å². The van der Waals surface area contributed by atoms with Crippen molar-refractivity contribution in [3.05, 3.63) is 241 Å². The van der Waals surface area contributed by atoms with Gasteiger partial charge in [0.25, 0.3) is 0 Å². The Hall–Kier alpha value is -8.41. The molecule has 0 radical (unpaired) electrons. The molecule has 3 aromatic heterocycles. The van der Waals surface area contributed by atoms with E-state index in [-0.39, 0.29) is 0 Å². The second-order valence-corrected chi connectivity index (χ2v) is 16.3. The fourth-order valence-electron chi connectivity index (χ4n) is 10.2. The second kappa shape index (κ2) is 13.8. The van der Waals surface area contributed by atoms with Crippen molar-refractivity contribution in [1.29, 1.82) is 0 Å². The van der Waals surface area contributed by atoms with Crippen LogP contribution >= 0.6 is 0 Å². The molecule has 63 heavy (non-hydrogen) atoms. The van der Waals surface area contributed by atoms with Crippen LogP contribution in [0.25, 0.3) is 94.7 Å². The first-order valence-corrected chi connectivity index (χ1v) is 21.4. The van der Waals surface area contributed by atoms with Crippen LogP contribution < -0.4 is 0 Å². The van der Waals surface area contributed by atoms with Crippen molar-refractivity contribution >= 4 is 43.7 Å². The van der Waals surface area contributed by atoms with Crippen LogP contribution in [0.15, 0.2) is 223 Å². The van der Waals surface area contributed by atoms with Crippen molar-refractivity contribution < 1.29 is 4.42 Å². The molecule has 0 aliphatic heterocycles. The summed E-state index contributed by atoms with van der Waals surface area (Å²) in [4.78, 5) is 15.6. The minimum absolute atomic E-state index is 0.555. The molecule has 0 unspecified atom stereocenters. The molecule has 0 fully saturated rings. The van der Waals surface area contributed by atoms with Gasteiger partial charge in [-0.2, -0.15) is 9.97 Å². The van der Waals surface area contributed by atoms with Gasteiger partial charge in [-0.1, -0.05) is 194 Å². The molecule has 0 saturated carbocycles. The third-order valence-electron chi connectivity index (χ3n) is 13.0. The predicted octanol–water partition coefficient (Wildman–Crippen LogP) is 14.2. The lowest BCUT2D eigenvalue weighted by Crippen LogP contribution is -2.28. The molecule has 12 aromatic rings. The fraction of sp³-hybridized carbons (Fsp3) is 0.0172. The summed E-state index contributed by atoms with van der Waals surface area (Å²) in [5.41, 5.74) is 14.3. The van der Waals surface area contributed by atoms with Crippen molar-refractivity contribution in [3.63, 3.8) is 0 Å². The van der Waals surface area contributed by atoms with Gasteiger partial charge in [0.05, 0.1) is 16.4 Å². The average Bonchev–Trinajstić information content (AvgIpc) is 4.01. The summed E-state index contributed by atoms with van der Waals surface area (Å²) in [6, 6.07) is 77.5. The summed E-state index contributed by atoms with van der Waals surface area (Å²) in [6.45, 7) is 0. The maximum atomic E-state index is 6.92. The van der Waals surface area contributed by atoms with E-state index in [4.69, 9.17) is 19.4 Å². The number of benzene rings is 9. The standard InChI is InChI=1S/C58H36N4O/c1-4-17-37(18-5-1)40-31-33-44-47-36-41(32-34-51(47)62(52(44)35-40)57-60-55(38-19-6-2-7-20-38)59-56(61-57)39-21-8-3-9-22-39)58(48-27-13-10-23-42(48)43-24-11-14-28-49(43)58)50-29-16-26-46-45-25-12-15-30-53(45)63-54(46)50/h1-36H. The molecule has 0 spiro atoms. The largest absolute Gasteiger partial charge is 0.456 e. The highest BCUT2D eigenvalue weighted by atomic mass is 16.3. The number of aromatic nitrogens is 4. The summed E-state index contributed by atoms with van der Waals surface area (Å²) >= 11 is 0. The van der Waals surface area contributed by atoms with E-state index in [1.54, 1.807) is 0 Å². The molecular weight excluding hydrogens is 769 g/mol. The van der Waals surface area contributed by atoms with E-state index in [9.17, 15) is 0 Å². The average molecular weight is 805 g/mol. The molecular formula is C58H36N4O. The minimum atomic E-state index is -0.707. The molecule has 294 valence electrons. The molecule has 0 saturated heterocycles. The first-order chi connectivity index (χ1) is 31.2. The highest BCUT2D eigenvalue weighted by molar-refractivity contribution is 6.11. The second-order valence-electron chi connectivity index (χ2n) is 16.3. The van der Waals surface area contributed by atoms with Gasteiger partial charge in [0.2, 0.25) is 5.95 Å². The van der Waals surface area contributed by atoms with Crippen LogP contribution in [0.5, 0.6) is 0 Å². The van der Waals surface area contributed by atoms with Crippen LogP contribution in [0.3, 0.4) is 0 Å². The zero-order valence-electron chi connectivity index (χ0n) is 34.0. The van der Waals surface area contributed by atoms with Gasteiger partial charge in [-0.25, -0.2) is 4.98 Å². The monoisotopic (exact) mass is 804 g/mol. The van der Waals surface area contributed by atoms with E-state index in [0.717, 1.165) is 77.1 Å². The molecule has 0 N–H and O–H groups in total. The van der Waals surface area contributed by atoms with Crippen LogP contribution in [-0.4, -0.2) is 19.5 Å². The fourth-order valence-corrected chi connectivity index (χ4v) is 10.2. The lowest BCUT2D eigenvalue weighted by atomic mass is 9.67. The first-order valence-electron chi connectivity index (χ1n) is 21.4. The van der Waals surface area contributed by atoms with Crippen LogP contribution in [0.4, 0.5) is 0 Å². The Kier molecular flexibility index (Phi) is 7.75. The Morgan fingerprint density at radius 3 is 1.62 bits per heavy atom. The van der Waals surface area contributed by atoms with Gasteiger partial charge in [-0.15, -0.1) is 0 Å². The van der Waals surface area contributed by atoms with E-state index < -0.39 is 5.41 Å². The molecule has 5 nitrogen and oxygen atoms in total. The van der Waals surface area contributed by atoms with Gasteiger partial charge >= 0.3 is 0 Å². The molecule has 1 aliphatic rings. The molecule has 1 aliphatic carbocycles. The SMILES string of the molecule is c1ccc(-c2ccc3c4cc(C5(c6cccc7c6oc6ccccc67)c6ccccc6-c6ccccc65)ccc4n(-c4nc(-c5ccccc5)nc(-c5ccccc5)n4)c3c2)cc1. The number of nitrogens with zero attached hydrogens (tertiary/aromatic N) is 4. The van der Waals surface area contributed by atoms with E-state index in [1.807, 2.05) is 42.5 Å². The lowest BCUT2D eigenvalue weighted by molar-refractivity contribution is 0.648. The van der Waals surface area contributed by atoms with E-state index in [0.29, 0.717) is 17.6 Å². The van der Waals surface area contributed by atoms with Crippen molar-refractivity contribution in [2.24, 2.45) is 0 Å². The van der Waals surface area contributed by atoms with E-state index >= 15 is 0 Å². The Morgan fingerprint density at radius 2 is 0.937 bits per heavy atom. The maximum Gasteiger partial charge on any atom is 0.238 e. The number of furan rings is 1.